The average Bonchev–Trinajstić information content (AvgIpc) is 2.13. The number of hydrogen-bond acceptors (Lipinski definition) is 2. The van der Waals surface area contributed by atoms with Crippen molar-refractivity contribution in [1.82, 2.24) is 5.43 Å². The van der Waals surface area contributed by atoms with Gasteiger partial charge in [-0.2, -0.15) is 0 Å². The molecule has 0 bridgehead atoms. The summed E-state index contributed by atoms with van der Waals surface area (Å²) in [5, 5.41) is 1.11. The molecule has 5 heteroatoms. The van der Waals surface area contributed by atoms with Gasteiger partial charge in [-0.1, -0.05) is 23.2 Å². The van der Waals surface area contributed by atoms with Crippen LogP contribution in [0.25, 0.3) is 0 Å². The highest BCUT2D eigenvalue weighted by molar-refractivity contribution is 6.36. The fourth-order valence-electron chi connectivity index (χ4n) is 1.19. The van der Waals surface area contributed by atoms with Gasteiger partial charge in [0.1, 0.15) is 5.84 Å². The van der Waals surface area contributed by atoms with E-state index in [1.807, 2.05) is 20.8 Å². The molecule has 0 aliphatic rings. The number of nitrogens with one attached hydrogen (secondary N) is 1. The van der Waals surface area contributed by atoms with E-state index >= 15 is 0 Å². The van der Waals surface area contributed by atoms with Crippen molar-refractivity contribution in [2.45, 2.75) is 26.3 Å². The van der Waals surface area contributed by atoms with E-state index < -0.39 is 0 Å². The standard InChI is InChI=1S/C11H15Cl2N3/c1-11(2,3)15-10(16-14)8-5-4-7(12)6-9(8)13/h4-6H,14H2,1-3H3,(H,15,16). The number of nitrogens with two attached hydrogens (primary N) is 1. The lowest BCUT2D eigenvalue weighted by Crippen LogP contribution is -2.33. The molecule has 0 aromatic heterocycles. The number of hydrazine groups is 1. The van der Waals surface area contributed by atoms with Crippen LogP contribution in [0.15, 0.2) is 23.2 Å². The summed E-state index contributed by atoms with van der Waals surface area (Å²) in [6.45, 7) is 5.94. The minimum absolute atomic E-state index is 0.231. The lowest BCUT2D eigenvalue weighted by Gasteiger charge is -2.16. The molecule has 3 nitrogen and oxygen atoms in total. The van der Waals surface area contributed by atoms with Gasteiger partial charge in [-0.05, 0) is 39.0 Å². The molecular formula is C11H15Cl2N3. The quantitative estimate of drug-likeness (QED) is 0.353. The van der Waals surface area contributed by atoms with Crippen molar-refractivity contribution in [3.8, 4) is 0 Å². The van der Waals surface area contributed by atoms with Gasteiger partial charge in [0, 0.05) is 10.6 Å². The lowest BCUT2D eigenvalue weighted by atomic mass is 10.1. The van der Waals surface area contributed by atoms with Gasteiger partial charge in [0.2, 0.25) is 0 Å². The first-order valence-electron chi connectivity index (χ1n) is 4.85. The minimum Gasteiger partial charge on any atom is -0.308 e. The first-order valence-corrected chi connectivity index (χ1v) is 5.61. The van der Waals surface area contributed by atoms with Crippen LogP contribution in [0.2, 0.25) is 10.0 Å². The van der Waals surface area contributed by atoms with E-state index in [9.17, 15) is 0 Å². The average molecular weight is 260 g/mol. The highest BCUT2D eigenvalue weighted by Gasteiger charge is 2.13. The summed E-state index contributed by atoms with van der Waals surface area (Å²) >= 11 is 11.9. The molecule has 0 radical (unpaired) electrons. The Kier molecular flexibility index (Phi) is 4.19. The van der Waals surface area contributed by atoms with Crippen LogP contribution >= 0.6 is 23.2 Å². The monoisotopic (exact) mass is 259 g/mol. The van der Waals surface area contributed by atoms with E-state index in [0.717, 1.165) is 5.56 Å². The molecule has 0 saturated heterocycles. The molecule has 0 saturated carbocycles. The molecule has 3 N–H and O–H groups in total. The van der Waals surface area contributed by atoms with Crippen LogP contribution in [0.4, 0.5) is 0 Å². The van der Waals surface area contributed by atoms with Gasteiger partial charge in [0.15, 0.2) is 0 Å². The molecule has 0 spiro atoms. The largest absolute Gasteiger partial charge is 0.308 e. The van der Waals surface area contributed by atoms with Crippen LogP contribution in [-0.2, 0) is 0 Å². The molecule has 0 fully saturated rings. The summed E-state index contributed by atoms with van der Waals surface area (Å²) in [7, 11) is 0. The van der Waals surface area contributed by atoms with Crippen LogP contribution in [0.3, 0.4) is 0 Å². The van der Waals surface area contributed by atoms with Crippen LogP contribution in [0.1, 0.15) is 26.3 Å². The second-order valence-corrected chi connectivity index (χ2v) is 5.24. The maximum atomic E-state index is 6.07. The summed E-state index contributed by atoms with van der Waals surface area (Å²) in [5.41, 5.74) is 3.07. The normalized spacial score (nSPS) is 12.8. The number of benzene rings is 1. The number of nitrogens with zero attached hydrogens (tertiary/aromatic N) is 1. The third kappa shape index (κ3) is 3.67. The number of amidine groups is 1. The van der Waals surface area contributed by atoms with E-state index in [4.69, 9.17) is 29.0 Å². The second kappa shape index (κ2) is 5.04. The van der Waals surface area contributed by atoms with Crippen molar-refractivity contribution in [3.63, 3.8) is 0 Å². The van der Waals surface area contributed by atoms with Gasteiger partial charge in [0.05, 0.1) is 10.6 Å². The first kappa shape index (κ1) is 13.3. The Morgan fingerprint density at radius 1 is 1.31 bits per heavy atom. The van der Waals surface area contributed by atoms with Crippen molar-refractivity contribution in [2.24, 2.45) is 10.8 Å². The number of hydrogen-bond donors (Lipinski definition) is 2. The van der Waals surface area contributed by atoms with Gasteiger partial charge >= 0.3 is 0 Å². The molecule has 0 aliphatic heterocycles. The van der Waals surface area contributed by atoms with E-state index in [1.165, 1.54) is 0 Å². The second-order valence-electron chi connectivity index (χ2n) is 4.40. The Labute approximate surface area is 106 Å². The first-order chi connectivity index (χ1) is 7.33. The zero-order valence-electron chi connectivity index (χ0n) is 9.51. The van der Waals surface area contributed by atoms with Gasteiger partial charge in [0.25, 0.3) is 0 Å². The van der Waals surface area contributed by atoms with Crippen LogP contribution < -0.4 is 11.3 Å². The fourth-order valence-corrected chi connectivity index (χ4v) is 1.69. The van der Waals surface area contributed by atoms with E-state index in [2.05, 4.69) is 10.4 Å². The molecule has 16 heavy (non-hydrogen) atoms. The zero-order chi connectivity index (χ0) is 12.3. The van der Waals surface area contributed by atoms with Crippen molar-refractivity contribution < 1.29 is 0 Å². The third-order valence-corrected chi connectivity index (χ3v) is 2.32. The fraction of sp³-hybridized carbons (Fsp3) is 0.364. The maximum absolute atomic E-state index is 6.07. The van der Waals surface area contributed by atoms with Gasteiger partial charge in [-0.25, -0.2) is 5.84 Å². The summed E-state index contributed by atoms with van der Waals surface area (Å²) in [6, 6.07) is 5.20. The molecule has 0 aliphatic carbocycles. The number of halogens is 2. The number of aliphatic imine (C=N–C) groups is 1. The van der Waals surface area contributed by atoms with Crippen LogP contribution in [0, 0.1) is 0 Å². The molecule has 0 atom stereocenters. The molecule has 0 unspecified atom stereocenters. The molecule has 88 valence electrons. The highest BCUT2D eigenvalue weighted by Crippen LogP contribution is 2.22. The molecule has 0 amide bonds. The summed E-state index contributed by atoms with van der Waals surface area (Å²) in [6.07, 6.45) is 0. The minimum atomic E-state index is -0.231. The Morgan fingerprint density at radius 2 is 1.94 bits per heavy atom. The predicted molar refractivity (Wildman–Crippen MR) is 70.1 cm³/mol. The van der Waals surface area contributed by atoms with Gasteiger partial charge in [-0.3, -0.25) is 4.99 Å². The molecule has 1 rings (SSSR count). The van der Waals surface area contributed by atoms with Crippen LogP contribution in [-0.4, -0.2) is 11.4 Å². The Hall–Kier alpha value is -0.770. The topological polar surface area (TPSA) is 50.4 Å². The third-order valence-electron chi connectivity index (χ3n) is 1.77. The van der Waals surface area contributed by atoms with E-state index in [-0.39, 0.29) is 5.54 Å². The van der Waals surface area contributed by atoms with Crippen molar-refractivity contribution >= 4 is 29.0 Å². The Balaban J connectivity index is 3.19. The Morgan fingerprint density at radius 3 is 2.38 bits per heavy atom. The summed E-state index contributed by atoms with van der Waals surface area (Å²) in [4.78, 5) is 4.44. The van der Waals surface area contributed by atoms with E-state index in [0.29, 0.717) is 15.9 Å². The SMILES string of the molecule is CC(C)(C)N=C(NN)c1ccc(Cl)cc1Cl. The lowest BCUT2D eigenvalue weighted by molar-refractivity contribution is 0.580. The molecule has 1 aromatic rings. The highest BCUT2D eigenvalue weighted by atomic mass is 35.5. The van der Waals surface area contributed by atoms with Crippen LogP contribution in [0.5, 0.6) is 0 Å². The summed E-state index contributed by atoms with van der Waals surface area (Å²) in [5.74, 6) is 6.00. The van der Waals surface area contributed by atoms with Crippen molar-refractivity contribution in [1.29, 1.82) is 0 Å². The Bertz CT molecular complexity index is 408. The smallest absolute Gasteiger partial charge is 0.144 e. The maximum Gasteiger partial charge on any atom is 0.144 e. The zero-order valence-corrected chi connectivity index (χ0v) is 11.0. The van der Waals surface area contributed by atoms with E-state index in [1.54, 1.807) is 18.2 Å². The molecule has 1 aromatic carbocycles. The van der Waals surface area contributed by atoms with Gasteiger partial charge < -0.3 is 5.43 Å². The summed E-state index contributed by atoms with van der Waals surface area (Å²) < 4.78 is 0. The number of rotatable bonds is 1. The van der Waals surface area contributed by atoms with Crippen molar-refractivity contribution in [3.05, 3.63) is 33.8 Å². The van der Waals surface area contributed by atoms with Crippen molar-refractivity contribution in [2.75, 3.05) is 0 Å². The predicted octanol–water partition coefficient (Wildman–Crippen LogP) is 3.00. The van der Waals surface area contributed by atoms with Gasteiger partial charge in [-0.15, -0.1) is 0 Å². The molecular weight excluding hydrogens is 245 g/mol. The molecule has 0 heterocycles.